The van der Waals surface area contributed by atoms with Crippen LogP contribution < -0.4 is 5.32 Å². The molecular formula is C15H21F2N. The zero-order valence-corrected chi connectivity index (χ0v) is 11.0. The van der Waals surface area contributed by atoms with Gasteiger partial charge in [0.1, 0.15) is 0 Å². The summed E-state index contributed by atoms with van der Waals surface area (Å²) in [4.78, 5) is 0. The van der Waals surface area contributed by atoms with Gasteiger partial charge in [0.15, 0.2) is 11.6 Å². The molecule has 1 saturated heterocycles. The van der Waals surface area contributed by atoms with Crippen molar-refractivity contribution in [2.24, 2.45) is 11.8 Å². The Kier molecular flexibility index (Phi) is 4.33. The van der Waals surface area contributed by atoms with Crippen LogP contribution in [0.15, 0.2) is 18.2 Å². The lowest BCUT2D eigenvalue weighted by molar-refractivity contribution is 0.347. The normalized spacial score (nSPS) is 25.2. The lowest BCUT2D eigenvalue weighted by Crippen LogP contribution is -2.20. The van der Waals surface area contributed by atoms with Crippen LogP contribution in [0, 0.1) is 23.5 Å². The van der Waals surface area contributed by atoms with E-state index in [1.54, 1.807) is 6.07 Å². The smallest absolute Gasteiger partial charge is 0.159 e. The number of hydrogen-bond acceptors (Lipinski definition) is 1. The van der Waals surface area contributed by atoms with Crippen LogP contribution in [-0.2, 0) is 0 Å². The molecule has 1 aliphatic rings. The molecule has 0 unspecified atom stereocenters. The van der Waals surface area contributed by atoms with Gasteiger partial charge < -0.3 is 5.32 Å². The Morgan fingerprint density at radius 3 is 2.56 bits per heavy atom. The molecule has 0 radical (unpaired) electrons. The van der Waals surface area contributed by atoms with E-state index in [-0.39, 0.29) is 6.04 Å². The lowest BCUT2D eigenvalue weighted by Gasteiger charge is -2.18. The van der Waals surface area contributed by atoms with E-state index in [0.717, 1.165) is 37.3 Å². The van der Waals surface area contributed by atoms with E-state index in [1.807, 2.05) is 0 Å². The molecule has 1 N–H and O–H groups in total. The Morgan fingerprint density at radius 2 is 1.89 bits per heavy atom. The third-order valence-electron chi connectivity index (χ3n) is 4.02. The van der Waals surface area contributed by atoms with Crippen molar-refractivity contribution in [2.75, 3.05) is 6.54 Å². The Morgan fingerprint density at radius 1 is 1.11 bits per heavy atom. The van der Waals surface area contributed by atoms with Gasteiger partial charge in [0.2, 0.25) is 0 Å². The van der Waals surface area contributed by atoms with Crippen LogP contribution in [0.5, 0.6) is 0 Å². The highest BCUT2D eigenvalue weighted by Gasteiger charge is 2.22. The summed E-state index contributed by atoms with van der Waals surface area (Å²) in [5.41, 5.74) is 0.860. The van der Waals surface area contributed by atoms with Gasteiger partial charge in [-0.15, -0.1) is 0 Å². The third-order valence-corrected chi connectivity index (χ3v) is 4.02. The molecule has 1 nitrogen and oxygen atoms in total. The van der Waals surface area contributed by atoms with E-state index in [2.05, 4.69) is 19.2 Å². The van der Waals surface area contributed by atoms with Crippen LogP contribution in [-0.4, -0.2) is 6.54 Å². The van der Waals surface area contributed by atoms with Crippen molar-refractivity contribution >= 4 is 0 Å². The first-order valence-electron chi connectivity index (χ1n) is 6.76. The fourth-order valence-corrected chi connectivity index (χ4v) is 2.75. The van der Waals surface area contributed by atoms with E-state index in [9.17, 15) is 8.78 Å². The summed E-state index contributed by atoms with van der Waals surface area (Å²) < 4.78 is 26.2. The molecule has 0 aromatic heterocycles. The summed E-state index contributed by atoms with van der Waals surface area (Å²) in [6.45, 7) is 5.46. The number of hydrogen-bond donors (Lipinski definition) is 1. The average Bonchev–Trinajstić information content (AvgIpc) is 2.58. The number of benzene rings is 1. The number of rotatable bonds is 2. The highest BCUT2D eigenvalue weighted by Crippen LogP contribution is 2.30. The Hall–Kier alpha value is -0.960. The second-order valence-corrected chi connectivity index (χ2v) is 5.55. The molecule has 0 bridgehead atoms. The van der Waals surface area contributed by atoms with Gasteiger partial charge in [0.25, 0.3) is 0 Å². The van der Waals surface area contributed by atoms with Crippen LogP contribution in [0.25, 0.3) is 0 Å². The first-order chi connectivity index (χ1) is 8.58. The molecular weight excluding hydrogens is 232 g/mol. The molecule has 1 fully saturated rings. The first-order valence-corrected chi connectivity index (χ1v) is 6.76. The van der Waals surface area contributed by atoms with Crippen molar-refractivity contribution in [1.82, 2.24) is 5.32 Å². The van der Waals surface area contributed by atoms with Gasteiger partial charge in [-0.1, -0.05) is 19.9 Å². The van der Waals surface area contributed by atoms with Gasteiger partial charge in [0.05, 0.1) is 0 Å². The largest absolute Gasteiger partial charge is 0.310 e. The molecule has 18 heavy (non-hydrogen) atoms. The summed E-state index contributed by atoms with van der Waals surface area (Å²) in [6.07, 6.45) is 3.31. The molecule has 100 valence electrons. The van der Waals surface area contributed by atoms with Crippen molar-refractivity contribution in [1.29, 1.82) is 0 Å². The van der Waals surface area contributed by atoms with E-state index < -0.39 is 11.6 Å². The maximum atomic E-state index is 13.2. The minimum absolute atomic E-state index is 0.156. The average molecular weight is 253 g/mol. The molecule has 0 amide bonds. The van der Waals surface area contributed by atoms with Gasteiger partial charge in [-0.25, -0.2) is 8.78 Å². The fraction of sp³-hybridized carbons (Fsp3) is 0.600. The molecule has 0 spiro atoms. The van der Waals surface area contributed by atoms with E-state index in [4.69, 9.17) is 0 Å². The molecule has 1 aromatic carbocycles. The SMILES string of the molecule is CC(C)[C@@H]1CCN[C@H](c2ccc(F)c(F)c2)CC1. The predicted molar refractivity (Wildman–Crippen MR) is 69.3 cm³/mol. The van der Waals surface area contributed by atoms with Gasteiger partial charge in [0, 0.05) is 6.04 Å². The Balaban J connectivity index is 2.07. The minimum atomic E-state index is -0.771. The second-order valence-electron chi connectivity index (χ2n) is 5.55. The van der Waals surface area contributed by atoms with Crippen molar-refractivity contribution in [3.05, 3.63) is 35.4 Å². The highest BCUT2D eigenvalue weighted by atomic mass is 19.2. The molecule has 1 aromatic rings. The van der Waals surface area contributed by atoms with Crippen LogP contribution in [0.2, 0.25) is 0 Å². The molecule has 0 saturated carbocycles. The standard InChI is InChI=1S/C15H21F2N/c1-10(2)11-4-6-15(18-8-7-11)12-3-5-13(16)14(17)9-12/h3,5,9-11,15,18H,4,6-8H2,1-2H3/t11-,15-/m0/s1. The van der Waals surface area contributed by atoms with Crippen LogP contribution in [0.1, 0.15) is 44.7 Å². The zero-order valence-electron chi connectivity index (χ0n) is 11.0. The molecule has 0 aliphatic carbocycles. The summed E-state index contributed by atoms with van der Waals surface area (Å²) in [7, 11) is 0. The lowest BCUT2D eigenvalue weighted by atomic mass is 9.88. The quantitative estimate of drug-likeness (QED) is 0.838. The maximum Gasteiger partial charge on any atom is 0.159 e. The van der Waals surface area contributed by atoms with E-state index in [1.165, 1.54) is 12.1 Å². The number of nitrogens with one attached hydrogen (secondary N) is 1. The van der Waals surface area contributed by atoms with Gasteiger partial charge in [-0.05, 0) is 55.3 Å². The summed E-state index contributed by atoms with van der Waals surface area (Å²) in [6, 6.07) is 4.38. The zero-order chi connectivity index (χ0) is 13.1. The van der Waals surface area contributed by atoms with Gasteiger partial charge in [-0.3, -0.25) is 0 Å². The van der Waals surface area contributed by atoms with Crippen LogP contribution >= 0.6 is 0 Å². The van der Waals surface area contributed by atoms with Crippen LogP contribution in [0.4, 0.5) is 8.78 Å². The van der Waals surface area contributed by atoms with Gasteiger partial charge >= 0.3 is 0 Å². The monoisotopic (exact) mass is 253 g/mol. The summed E-state index contributed by atoms with van der Waals surface area (Å²) >= 11 is 0. The predicted octanol–water partition coefficient (Wildman–Crippen LogP) is 4.05. The molecule has 1 heterocycles. The molecule has 2 atom stereocenters. The van der Waals surface area contributed by atoms with Gasteiger partial charge in [-0.2, -0.15) is 0 Å². The molecule has 1 aliphatic heterocycles. The van der Waals surface area contributed by atoms with Crippen molar-refractivity contribution < 1.29 is 8.78 Å². The third kappa shape index (κ3) is 3.08. The van der Waals surface area contributed by atoms with Crippen molar-refractivity contribution in [3.63, 3.8) is 0 Å². The maximum absolute atomic E-state index is 13.2. The fourth-order valence-electron chi connectivity index (χ4n) is 2.75. The first kappa shape index (κ1) is 13.5. The second kappa shape index (κ2) is 5.79. The summed E-state index contributed by atoms with van der Waals surface area (Å²) in [5, 5.41) is 3.44. The Labute approximate surface area is 108 Å². The van der Waals surface area contributed by atoms with E-state index in [0.29, 0.717) is 5.92 Å². The topological polar surface area (TPSA) is 12.0 Å². The van der Waals surface area contributed by atoms with Crippen LogP contribution in [0.3, 0.4) is 0 Å². The van der Waals surface area contributed by atoms with Crippen molar-refractivity contribution in [2.45, 2.75) is 39.2 Å². The minimum Gasteiger partial charge on any atom is -0.310 e. The summed E-state index contributed by atoms with van der Waals surface area (Å²) in [5.74, 6) is -0.102. The van der Waals surface area contributed by atoms with E-state index >= 15 is 0 Å². The molecule has 3 heteroatoms. The Bertz CT molecular complexity index is 403. The number of halogens is 2. The highest BCUT2D eigenvalue weighted by molar-refractivity contribution is 5.21. The van der Waals surface area contributed by atoms with Crippen molar-refractivity contribution in [3.8, 4) is 0 Å². The molecule has 2 rings (SSSR count).